The molecule has 6 heteroatoms. The van der Waals surface area contributed by atoms with Gasteiger partial charge in [-0.15, -0.1) is 0 Å². The second-order valence-corrected chi connectivity index (χ2v) is 7.01. The molecule has 0 unspecified atom stereocenters. The van der Waals surface area contributed by atoms with Crippen molar-refractivity contribution in [2.75, 3.05) is 18.4 Å². The molecule has 0 bridgehead atoms. The number of hydrogen-bond donors (Lipinski definition) is 3. The predicted molar refractivity (Wildman–Crippen MR) is 105 cm³/mol. The first kappa shape index (κ1) is 17.0. The molecule has 136 valence electrons. The molecule has 0 atom stereocenters. The van der Waals surface area contributed by atoms with Crippen molar-refractivity contribution in [3.8, 4) is 11.3 Å². The first-order chi connectivity index (χ1) is 12.7. The van der Waals surface area contributed by atoms with Gasteiger partial charge in [0.1, 0.15) is 17.3 Å². The number of hydrogen-bond acceptors (Lipinski definition) is 5. The topological polar surface area (TPSA) is 78.5 Å². The van der Waals surface area contributed by atoms with Crippen LogP contribution in [0.2, 0.25) is 0 Å². The smallest absolute Gasteiger partial charge is 0.140 e. The number of pyridine rings is 1. The molecule has 0 aromatic carbocycles. The Balaban J connectivity index is 1.75. The van der Waals surface area contributed by atoms with Crippen LogP contribution < -0.4 is 10.6 Å². The Bertz CT molecular complexity index is 894. The second-order valence-electron chi connectivity index (χ2n) is 7.01. The van der Waals surface area contributed by atoms with Crippen molar-refractivity contribution >= 4 is 16.9 Å². The molecule has 6 nitrogen and oxygen atoms in total. The molecular formula is C20H26N6. The summed E-state index contributed by atoms with van der Waals surface area (Å²) in [5, 5.41) is 8.12. The van der Waals surface area contributed by atoms with Crippen molar-refractivity contribution < 1.29 is 0 Å². The minimum atomic E-state index is 0.465. The summed E-state index contributed by atoms with van der Waals surface area (Å²) in [6.45, 7) is 6.25. The number of aromatic amines is 1. The van der Waals surface area contributed by atoms with Crippen molar-refractivity contribution in [3.63, 3.8) is 0 Å². The van der Waals surface area contributed by atoms with Crippen LogP contribution in [0.5, 0.6) is 0 Å². The highest BCUT2D eigenvalue weighted by atomic mass is 15.1. The van der Waals surface area contributed by atoms with Gasteiger partial charge in [0.2, 0.25) is 0 Å². The Morgan fingerprint density at radius 3 is 2.81 bits per heavy atom. The van der Waals surface area contributed by atoms with E-state index in [1.807, 2.05) is 13.1 Å². The minimum absolute atomic E-state index is 0.465. The molecule has 4 heterocycles. The van der Waals surface area contributed by atoms with E-state index in [1.165, 1.54) is 0 Å². The molecule has 1 aliphatic heterocycles. The molecule has 1 aliphatic rings. The maximum atomic E-state index is 4.77. The summed E-state index contributed by atoms with van der Waals surface area (Å²) in [5.74, 6) is 1.73. The summed E-state index contributed by atoms with van der Waals surface area (Å²) < 4.78 is 0. The van der Waals surface area contributed by atoms with E-state index in [4.69, 9.17) is 9.97 Å². The molecule has 26 heavy (non-hydrogen) atoms. The van der Waals surface area contributed by atoms with Crippen LogP contribution in [-0.2, 0) is 6.42 Å². The van der Waals surface area contributed by atoms with Crippen LogP contribution in [0.25, 0.3) is 22.3 Å². The van der Waals surface area contributed by atoms with E-state index < -0.39 is 0 Å². The lowest BCUT2D eigenvalue weighted by molar-refractivity contribution is 0.478. The summed E-state index contributed by atoms with van der Waals surface area (Å²) >= 11 is 0. The van der Waals surface area contributed by atoms with Crippen molar-refractivity contribution in [2.24, 2.45) is 0 Å². The van der Waals surface area contributed by atoms with E-state index in [2.05, 4.69) is 45.7 Å². The number of anilines is 1. The van der Waals surface area contributed by atoms with Gasteiger partial charge in [-0.05, 0) is 57.5 Å². The van der Waals surface area contributed by atoms with Gasteiger partial charge < -0.3 is 15.6 Å². The lowest BCUT2D eigenvalue weighted by atomic mass is 10.1. The molecule has 0 radical (unpaired) electrons. The number of nitrogens with zero attached hydrogens (tertiary/aromatic N) is 3. The number of nitrogens with one attached hydrogen (secondary N) is 3. The Kier molecular flexibility index (Phi) is 4.84. The zero-order chi connectivity index (χ0) is 17.9. The van der Waals surface area contributed by atoms with Gasteiger partial charge in [0.15, 0.2) is 0 Å². The Hall–Kier alpha value is -2.47. The summed E-state index contributed by atoms with van der Waals surface area (Å²) in [7, 11) is 0. The Labute approximate surface area is 153 Å². The Morgan fingerprint density at radius 1 is 1.15 bits per heavy atom. The second kappa shape index (κ2) is 7.41. The molecule has 3 aromatic rings. The maximum Gasteiger partial charge on any atom is 0.140 e. The lowest BCUT2D eigenvalue weighted by Gasteiger charge is -2.24. The van der Waals surface area contributed by atoms with Crippen LogP contribution in [0.1, 0.15) is 37.7 Å². The molecule has 0 aliphatic carbocycles. The van der Waals surface area contributed by atoms with E-state index in [1.54, 1.807) is 0 Å². The van der Waals surface area contributed by atoms with Crippen molar-refractivity contribution in [2.45, 2.75) is 45.6 Å². The molecule has 0 spiro atoms. The normalized spacial score (nSPS) is 15.5. The average molecular weight is 350 g/mol. The van der Waals surface area contributed by atoms with E-state index in [0.29, 0.717) is 6.04 Å². The highest BCUT2D eigenvalue weighted by Gasteiger charge is 2.16. The molecule has 3 aromatic heterocycles. The quantitative estimate of drug-likeness (QED) is 0.657. The zero-order valence-electron chi connectivity index (χ0n) is 15.5. The average Bonchev–Trinajstić information content (AvgIpc) is 3.10. The predicted octanol–water partition coefficient (Wildman–Crippen LogP) is 3.44. The number of rotatable bonds is 5. The summed E-state index contributed by atoms with van der Waals surface area (Å²) in [6.07, 6.45) is 6.22. The van der Waals surface area contributed by atoms with E-state index in [0.717, 1.165) is 78.4 Å². The maximum absolute atomic E-state index is 4.77. The van der Waals surface area contributed by atoms with Gasteiger partial charge in [-0.3, -0.25) is 0 Å². The van der Waals surface area contributed by atoms with E-state index in [-0.39, 0.29) is 0 Å². The third kappa shape index (κ3) is 3.55. The standard InChI is InChI=1S/C20H26N6/c1-3-4-15-11-18(24-13(2)23-15)17-12-19(25-14-5-8-21-9-6-14)26-20-16(17)7-10-22-20/h7,10-12,14,21H,3-6,8-9H2,1-2H3,(H2,22,25,26). The summed E-state index contributed by atoms with van der Waals surface area (Å²) in [6, 6.07) is 6.79. The van der Waals surface area contributed by atoms with Gasteiger partial charge in [0.05, 0.1) is 5.69 Å². The van der Waals surface area contributed by atoms with Gasteiger partial charge in [0.25, 0.3) is 0 Å². The highest BCUT2D eigenvalue weighted by Crippen LogP contribution is 2.30. The van der Waals surface area contributed by atoms with Crippen molar-refractivity contribution in [3.05, 3.63) is 35.9 Å². The third-order valence-corrected chi connectivity index (χ3v) is 4.89. The van der Waals surface area contributed by atoms with E-state index >= 15 is 0 Å². The third-order valence-electron chi connectivity index (χ3n) is 4.89. The number of piperidine rings is 1. The summed E-state index contributed by atoms with van der Waals surface area (Å²) in [5.41, 5.74) is 4.08. The molecule has 1 fully saturated rings. The number of aromatic nitrogens is 4. The molecule has 0 amide bonds. The van der Waals surface area contributed by atoms with Crippen LogP contribution in [0.15, 0.2) is 24.4 Å². The summed E-state index contributed by atoms with van der Waals surface area (Å²) in [4.78, 5) is 17.3. The molecular weight excluding hydrogens is 324 g/mol. The molecule has 3 N–H and O–H groups in total. The van der Waals surface area contributed by atoms with Gasteiger partial charge >= 0.3 is 0 Å². The minimum Gasteiger partial charge on any atom is -0.367 e. The van der Waals surface area contributed by atoms with Gasteiger partial charge in [-0.1, -0.05) is 13.3 Å². The SMILES string of the molecule is CCCc1cc(-c2cc(NC3CCNCC3)nc3[nH]ccc23)nc(C)n1. The lowest BCUT2D eigenvalue weighted by Crippen LogP contribution is -2.35. The van der Waals surface area contributed by atoms with Crippen LogP contribution >= 0.6 is 0 Å². The first-order valence-corrected chi connectivity index (χ1v) is 9.53. The van der Waals surface area contributed by atoms with Crippen LogP contribution in [0.4, 0.5) is 5.82 Å². The van der Waals surface area contributed by atoms with Gasteiger partial charge in [0, 0.05) is 28.9 Å². The van der Waals surface area contributed by atoms with Crippen LogP contribution in [0.3, 0.4) is 0 Å². The van der Waals surface area contributed by atoms with E-state index in [9.17, 15) is 0 Å². The number of fused-ring (bicyclic) bond motifs is 1. The molecule has 0 saturated carbocycles. The van der Waals surface area contributed by atoms with Crippen LogP contribution in [0, 0.1) is 6.92 Å². The molecule has 4 rings (SSSR count). The monoisotopic (exact) mass is 350 g/mol. The van der Waals surface area contributed by atoms with Crippen molar-refractivity contribution in [1.82, 2.24) is 25.3 Å². The number of H-pyrrole nitrogens is 1. The Morgan fingerprint density at radius 2 is 2.00 bits per heavy atom. The van der Waals surface area contributed by atoms with Crippen molar-refractivity contribution in [1.29, 1.82) is 0 Å². The van der Waals surface area contributed by atoms with Gasteiger partial charge in [-0.25, -0.2) is 15.0 Å². The number of aryl methyl sites for hydroxylation is 2. The fourth-order valence-electron chi connectivity index (χ4n) is 3.65. The first-order valence-electron chi connectivity index (χ1n) is 9.53. The fraction of sp³-hybridized carbons (Fsp3) is 0.450. The van der Waals surface area contributed by atoms with Gasteiger partial charge in [-0.2, -0.15) is 0 Å². The largest absolute Gasteiger partial charge is 0.367 e. The fourth-order valence-corrected chi connectivity index (χ4v) is 3.65. The zero-order valence-corrected chi connectivity index (χ0v) is 15.5. The highest BCUT2D eigenvalue weighted by molar-refractivity contribution is 5.93. The molecule has 1 saturated heterocycles. The van der Waals surface area contributed by atoms with Crippen LogP contribution in [-0.4, -0.2) is 39.1 Å².